The summed E-state index contributed by atoms with van der Waals surface area (Å²) in [6.07, 6.45) is 0. The summed E-state index contributed by atoms with van der Waals surface area (Å²) in [5.41, 5.74) is 8.21. The number of aromatic nitrogens is 1. The lowest BCUT2D eigenvalue weighted by Crippen LogP contribution is -2.78. The first-order chi connectivity index (χ1) is 7.79. The average Bonchev–Trinajstić information content (AvgIpc) is 2.68. The van der Waals surface area contributed by atoms with Crippen LogP contribution in [0.3, 0.4) is 0 Å². The second-order valence-corrected chi connectivity index (χ2v) is 3.95. The lowest BCUT2D eigenvalue weighted by atomic mass is 10.2. The number of nitrogen functional groups attached to an aromatic ring is 1. The van der Waals surface area contributed by atoms with Crippen LogP contribution in [0.25, 0.3) is 10.9 Å². The first-order valence-corrected chi connectivity index (χ1v) is 5.33. The quantitative estimate of drug-likeness (QED) is 0.672. The van der Waals surface area contributed by atoms with Crippen LogP contribution in [0.15, 0.2) is 24.3 Å². The van der Waals surface area contributed by atoms with Crippen molar-refractivity contribution < 1.29 is 9.73 Å². The second-order valence-electron chi connectivity index (χ2n) is 3.95. The van der Waals surface area contributed by atoms with Gasteiger partial charge in [-0.1, -0.05) is 0 Å². The molecule has 0 atom stereocenters. The van der Waals surface area contributed by atoms with Crippen LogP contribution in [0, 0.1) is 0 Å². The van der Waals surface area contributed by atoms with E-state index in [4.69, 9.17) is 10.5 Å². The standard InChI is InChI=1S/C12H13N3O/c1-16-9-2-3-10-8(6-9)7-11-12(13)14-4-5-15(10)11/h2-3,6-7H,4-5H2,1H3,(H2,13,14)/p+1. The number of nitrogens with two attached hydrogens (primary N) is 1. The number of benzene rings is 1. The number of rotatable bonds is 1. The lowest BCUT2D eigenvalue weighted by molar-refractivity contribution is -0.462. The summed E-state index contributed by atoms with van der Waals surface area (Å²) in [5, 5.41) is 1.17. The van der Waals surface area contributed by atoms with E-state index in [1.807, 2.05) is 12.1 Å². The topological polar surface area (TPSA) is 54.2 Å². The van der Waals surface area contributed by atoms with Crippen molar-refractivity contribution in [2.75, 3.05) is 13.7 Å². The van der Waals surface area contributed by atoms with Gasteiger partial charge in [-0.2, -0.15) is 0 Å². The van der Waals surface area contributed by atoms with Gasteiger partial charge in [0, 0.05) is 10.9 Å². The molecule has 2 aromatic rings. The maximum absolute atomic E-state index is 5.93. The van der Waals surface area contributed by atoms with Crippen LogP contribution in [0.2, 0.25) is 0 Å². The fraction of sp³-hybridized carbons (Fsp3) is 0.250. The first kappa shape index (κ1) is 9.27. The minimum absolute atomic E-state index is 0.751. The normalized spacial score (nSPS) is 14.7. The van der Waals surface area contributed by atoms with E-state index in [2.05, 4.69) is 21.7 Å². The Hall–Kier alpha value is -1.97. The first-order valence-electron chi connectivity index (χ1n) is 5.33. The third-order valence-electron chi connectivity index (χ3n) is 3.04. The minimum atomic E-state index is 0.751. The Labute approximate surface area is 93.3 Å². The van der Waals surface area contributed by atoms with Crippen molar-refractivity contribution in [1.82, 2.24) is 4.57 Å². The molecule has 0 bridgehead atoms. The fourth-order valence-electron chi connectivity index (χ4n) is 2.23. The molecular formula is C12H14N3O+. The van der Waals surface area contributed by atoms with Gasteiger partial charge in [0.25, 0.3) is 5.84 Å². The van der Waals surface area contributed by atoms with Crippen molar-refractivity contribution in [3.8, 4) is 5.75 Å². The molecule has 82 valence electrons. The van der Waals surface area contributed by atoms with Crippen LogP contribution in [0.5, 0.6) is 5.75 Å². The van der Waals surface area contributed by atoms with Gasteiger partial charge in [-0.15, -0.1) is 0 Å². The Kier molecular flexibility index (Phi) is 1.89. The van der Waals surface area contributed by atoms with Gasteiger partial charge in [-0.25, -0.2) is 0 Å². The molecule has 0 spiro atoms. The van der Waals surface area contributed by atoms with E-state index in [-0.39, 0.29) is 0 Å². The molecule has 1 aromatic heterocycles. The molecule has 4 heteroatoms. The molecule has 0 unspecified atom stereocenters. The van der Waals surface area contributed by atoms with Crippen molar-refractivity contribution >= 4 is 16.7 Å². The molecule has 4 nitrogen and oxygen atoms in total. The van der Waals surface area contributed by atoms with Crippen LogP contribution < -0.4 is 15.5 Å². The number of nitrogens with one attached hydrogen (secondary N) is 1. The summed E-state index contributed by atoms with van der Waals surface area (Å²) >= 11 is 0. The highest BCUT2D eigenvalue weighted by Gasteiger charge is 2.18. The number of hydrogen-bond donors (Lipinski definition) is 2. The fourth-order valence-corrected chi connectivity index (χ4v) is 2.23. The van der Waals surface area contributed by atoms with E-state index in [1.54, 1.807) is 7.11 Å². The summed E-state index contributed by atoms with van der Waals surface area (Å²) in [6.45, 7) is 1.83. The molecule has 1 aliphatic heterocycles. The largest absolute Gasteiger partial charge is 0.497 e. The van der Waals surface area contributed by atoms with Gasteiger partial charge in [-0.3, -0.25) is 10.7 Å². The van der Waals surface area contributed by atoms with Crippen molar-refractivity contribution in [3.63, 3.8) is 0 Å². The minimum Gasteiger partial charge on any atom is -0.497 e. The zero-order chi connectivity index (χ0) is 11.1. The van der Waals surface area contributed by atoms with E-state index >= 15 is 0 Å². The highest BCUT2D eigenvalue weighted by Crippen LogP contribution is 2.24. The molecule has 16 heavy (non-hydrogen) atoms. The molecule has 0 saturated carbocycles. The van der Waals surface area contributed by atoms with Crippen LogP contribution in [-0.2, 0) is 6.54 Å². The van der Waals surface area contributed by atoms with E-state index in [0.717, 1.165) is 30.4 Å². The molecule has 1 aromatic carbocycles. The van der Waals surface area contributed by atoms with Gasteiger partial charge in [0.1, 0.15) is 18.0 Å². The lowest BCUT2D eigenvalue weighted by Gasteiger charge is -2.10. The van der Waals surface area contributed by atoms with Crippen molar-refractivity contribution in [3.05, 3.63) is 30.0 Å². The summed E-state index contributed by atoms with van der Waals surface area (Å²) in [6, 6.07) is 8.19. The summed E-state index contributed by atoms with van der Waals surface area (Å²) in [4.78, 5) is 3.17. The molecule has 3 N–H and O–H groups in total. The van der Waals surface area contributed by atoms with Crippen LogP contribution in [0.1, 0.15) is 5.69 Å². The molecule has 0 fully saturated rings. The highest BCUT2D eigenvalue weighted by atomic mass is 16.5. The molecule has 2 heterocycles. The summed E-state index contributed by atoms with van der Waals surface area (Å²) < 4.78 is 7.45. The third kappa shape index (κ3) is 1.19. The maximum atomic E-state index is 5.93. The summed E-state index contributed by atoms with van der Waals surface area (Å²) in [7, 11) is 1.68. The molecule has 1 aliphatic rings. The van der Waals surface area contributed by atoms with Crippen molar-refractivity contribution in [2.24, 2.45) is 5.73 Å². The van der Waals surface area contributed by atoms with Gasteiger partial charge in [0.2, 0.25) is 0 Å². The van der Waals surface area contributed by atoms with E-state index in [1.165, 1.54) is 10.9 Å². The molecule has 0 amide bonds. The highest BCUT2D eigenvalue weighted by molar-refractivity contribution is 5.98. The molecule has 0 saturated heterocycles. The second kappa shape index (κ2) is 3.27. The number of ether oxygens (including phenoxy) is 1. The number of fused-ring (bicyclic) bond motifs is 3. The third-order valence-corrected chi connectivity index (χ3v) is 3.04. The molecule has 0 aliphatic carbocycles. The number of amidine groups is 1. The average molecular weight is 216 g/mol. The SMILES string of the molecule is COc1ccc2c(c1)cc1n2CC[NH+]=C1N. The van der Waals surface area contributed by atoms with E-state index in [0.29, 0.717) is 0 Å². The van der Waals surface area contributed by atoms with Crippen LogP contribution >= 0.6 is 0 Å². The van der Waals surface area contributed by atoms with Crippen LogP contribution in [0.4, 0.5) is 0 Å². The zero-order valence-corrected chi connectivity index (χ0v) is 9.16. The van der Waals surface area contributed by atoms with Gasteiger partial charge in [-0.05, 0) is 24.3 Å². The predicted octanol–water partition coefficient (Wildman–Crippen LogP) is -0.551. The number of hydrogen-bond acceptors (Lipinski definition) is 2. The Bertz CT molecular complexity index is 583. The van der Waals surface area contributed by atoms with Crippen molar-refractivity contribution in [2.45, 2.75) is 6.54 Å². The monoisotopic (exact) mass is 216 g/mol. The molecule has 0 radical (unpaired) electrons. The molecule has 3 rings (SSSR count). The van der Waals surface area contributed by atoms with E-state index in [9.17, 15) is 0 Å². The number of nitrogens with zero attached hydrogens (tertiary/aromatic N) is 1. The Morgan fingerprint density at radius 2 is 2.25 bits per heavy atom. The van der Waals surface area contributed by atoms with Gasteiger partial charge >= 0.3 is 0 Å². The van der Waals surface area contributed by atoms with Crippen molar-refractivity contribution in [1.29, 1.82) is 0 Å². The smallest absolute Gasteiger partial charge is 0.289 e. The predicted molar refractivity (Wildman–Crippen MR) is 62.6 cm³/mol. The Morgan fingerprint density at radius 3 is 3.06 bits per heavy atom. The zero-order valence-electron chi connectivity index (χ0n) is 9.16. The van der Waals surface area contributed by atoms with E-state index < -0.39 is 0 Å². The van der Waals surface area contributed by atoms with Gasteiger partial charge in [0.15, 0.2) is 0 Å². The Morgan fingerprint density at radius 1 is 1.38 bits per heavy atom. The number of methoxy groups -OCH3 is 1. The van der Waals surface area contributed by atoms with Gasteiger partial charge in [0.05, 0.1) is 13.7 Å². The molecular weight excluding hydrogens is 202 g/mol. The van der Waals surface area contributed by atoms with Crippen LogP contribution in [-0.4, -0.2) is 24.1 Å². The van der Waals surface area contributed by atoms with Gasteiger partial charge < -0.3 is 9.30 Å². The summed E-state index contributed by atoms with van der Waals surface area (Å²) in [5.74, 6) is 1.63. The Balaban J connectivity index is 2.28. The maximum Gasteiger partial charge on any atom is 0.289 e.